The summed E-state index contributed by atoms with van der Waals surface area (Å²) in [6.07, 6.45) is -29.7. The second-order valence-electron chi connectivity index (χ2n) is 26.1. The summed E-state index contributed by atoms with van der Waals surface area (Å²) in [6, 6.07) is 0. The van der Waals surface area contributed by atoms with E-state index in [2.05, 4.69) is 54.5 Å². The number of ether oxygens (including phenoxy) is 8. The molecule has 3 saturated carbocycles. The molecule has 7 fully saturated rings. The predicted molar refractivity (Wildman–Crippen MR) is 267 cm³/mol. The van der Waals surface area contributed by atoms with Gasteiger partial charge in [0.1, 0.15) is 91.6 Å². The first-order chi connectivity index (χ1) is 36.3. The van der Waals surface area contributed by atoms with Gasteiger partial charge in [-0.1, -0.05) is 60.1 Å². The average Bonchev–Trinajstić information content (AvgIpc) is 3.59. The third-order valence-electron chi connectivity index (χ3n) is 21.2. The van der Waals surface area contributed by atoms with E-state index in [4.69, 9.17) is 37.9 Å². The van der Waals surface area contributed by atoms with Gasteiger partial charge in [-0.3, -0.25) is 0 Å². The van der Waals surface area contributed by atoms with Gasteiger partial charge in [0.2, 0.25) is 0 Å². The molecule has 0 bridgehead atoms. The molecule has 0 aromatic carbocycles. The van der Waals surface area contributed by atoms with Crippen molar-refractivity contribution in [2.45, 2.75) is 261 Å². The van der Waals surface area contributed by atoms with Crippen molar-refractivity contribution < 1.29 is 120 Å². The number of aliphatic hydroxyl groups is 16. The highest BCUT2D eigenvalue weighted by Gasteiger charge is 2.73. The van der Waals surface area contributed by atoms with Crippen LogP contribution < -0.4 is 0 Å². The van der Waals surface area contributed by atoms with Crippen LogP contribution in [-0.4, -0.2) is 248 Å². The molecule has 24 nitrogen and oxygen atoms in total. The molecule has 30 atom stereocenters. The molecule has 452 valence electrons. The SMILES string of the molecule is C[C@H](CC[C@@H](O[C@@H]1O[C@H](O[C@@H]2O[C@H](CO)[C@@H](O)[C@H](O)[C@H]2O)[C@@H](O)[C@H](O)[C@H]1O[C@H]1O[C@@H](CO)[C@H](O)[C@@H](O)[C@@H]1O)C(C)(C)O)C1CC[C@]2(C)[C@H]3CC=C4C(C)(C)[C@@H](O[C@@H]5O[C@H](CO)[C@@H](O)[C@H](O)[C@H]5O)CC[C@]4(C)[C@]3(C)[C@H](O)C[C@]12C. The largest absolute Gasteiger partial charge is 0.394 e. The van der Waals surface area contributed by atoms with E-state index >= 15 is 0 Å². The van der Waals surface area contributed by atoms with Crippen LogP contribution in [0, 0.1) is 44.8 Å². The highest BCUT2D eigenvalue weighted by molar-refractivity contribution is 5.36. The monoisotopic (exact) mass is 1120 g/mol. The fourth-order valence-corrected chi connectivity index (χ4v) is 16.0. The summed E-state index contributed by atoms with van der Waals surface area (Å²) >= 11 is 0. The number of hydrogen-bond acceptors (Lipinski definition) is 24. The van der Waals surface area contributed by atoms with Crippen LogP contribution in [-0.2, 0) is 37.9 Å². The Hall–Kier alpha value is -1.22. The van der Waals surface area contributed by atoms with Crippen molar-refractivity contribution in [1.29, 1.82) is 0 Å². The lowest BCUT2D eigenvalue weighted by Crippen LogP contribution is -2.68. The molecule has 8 rings (SSSR count). The van der Waals surface area contributed by atoms with Crippen molar-refractivity contribution >= 4 is 0 Å². The lowest BCUT2D eigenvalue weighted by atomic mass is 9.34. The van der Waals surface area contributed by atoms with E-state index in [9.17, 15) is 81.7 Å². The van der Waals surface area contributed by atoms with E-state index in [0.29, 0.717) is 32.1 Å². The molecule has 0 aromatic heterocycles. The molecular weight excluding hydrogens is 1030 g/mol. The Morgan fingerprint density at radius 1 is 0.564 bits per heavy atom. The Balaban J connectivity index is 1.01. The van der Waals surface area contributed by atoms with Crippen LogP contribution in [0.2, 0.25) is 0 Å². The van der Waals surface area contributed by atoms with Crippen LogP contribution in [0.15, 0.2) is 11.6 Å². The summed E-state index contributed by atoms with van der Waals surface area (Å²) in [5, 5.41) is 173. The van der Waals surface area contributed by atoms with E-state index in [-0.39, 0.29) is 35.0 Å². The number of hydrogen-bond donors (Lipinski definition) is 16. The fourth-order valence-electron chi connectivity index (χ4n) is 16.0. The number of rotatable bonds is 16. The average molecular weight is 1130 g/mol. The minimum absolute atomic E-state index is 0.0239. The normalized spacial score (nSPS) is 52.4. The first-order valence-electron chi connectivity index (χ1n) is 27.9. The Bertz CT molecular complexity index is 2060. The van der Waals surface area contributed by atoms with Gasteiger partial charge in [-0.05, 0) is 99.2 Å². The van der Waals surface area contributed by atoms with Gasteiger partial charge in [-0.25, -0.2) is 0 Å². The zero-order valence-corrected chi connectivity index (χ0v) is 46.3. The van der Waals surface area contributed by atoms with Crippen molar-refractivity contribution in [2.24, 2.45) is 44.8 Å². The molecule has 0 aromatic rings. The van der Waals surface area contributed by atoms with Gasteiger partial charge < -0.3 is 120 Å². The van der Waals surface area contributed by atoms with E-state index in [1.54, 1.807) is 0 Å². The second kappa shape index (κ2) is 23.0. The van der Waals surface area contributed by atoms with Gasteiger partial charge in [0, 0.05) is 10.8 Å². The predicted octanol–water partition coefficient (Wildman–Crippen LogP) is -2.88. The molecule has 16 N–H and O–H groups in total. The van der Waals surface area contributed by atoms with Gasteiger partial charge in [0.25, 0.3) is 0 Å². The number of fused-ring (bicyclic) bond motifs is 5. The third kappa shape index (κ3) is 10.4. The van der Waals surface area contributed by atoms with Gasteiger partial charge in [0.05, 0.1) is 43.7 Å². The summed E-state index contributed by atoms with van der Waals surface area (Å²) in [5.41, 5.74) is -2.79. The Kier molecular flexibility index (Phi) is 18.5. The smallest absolute Gasteiger partial charge is 0.192 e. The van der Waals surface area contributed by atoms with Crippen molar-refractivity contribution in [3.63, 3.8) is 0 Å². The van der Waals surface area contributed by atoms with Crippen molar-refractivity contribution in [3.05, 3.63) is 11.6 Å². The van der Waals surface area contributed by atoms with Crippen molar-refractivity contribution in [3.8, 4) is 0 Å². The maximum absolute atomic E-state index is 12.9. The van der Waals surface area contributed by atoms with Crippen LogP contribution in [0.4, 0.5) is 0 Å². The molecule has 4 aliphatic heterocycles. The van der Waals surface area contributed by atoms with E-state index in [1.807, 2.05) is 0 Å². The molecule has 8 aliphatic rings. The fraction of sp³-hybridized carbons (Fsp3) is 0.963. The van der Waals surface area contributed by atoms with Gasteiger partial charge in [0.15, 0.2) is 31.5 Å². The number of allylic oxidation sites excluding steroid dienone is 1. The van der Waals surface area contributed by atoms with E-state index in [0.717, 1.165) is 18.4 Å². The van der Waals surface area contributed by atoms with Crippen LogP contribution in [0.3, 0.4) is 0 Å². The third-order valence-corrected chi connectivity index (χ3v) is 21.2. The summed E-state index contributed by atoms with van der Waals surface area (Å²) in [4.78, 5) is 0. The standard InChI is InChI=1S/C54H92O24/c1-22(23-14-16-51(6)28-12-11-27-49(2,3)30(74-44-39(66)35(62)32(59)24(19-55)71-44)15-17-52(27,7)54(28,9)29(58)18-53(23,51)8)10-13-31(50(4,5)70)75-48-43(76-45-40(67)36(63)33(60)25(20-56)72-45)38(65)42(69)47(78-48)77-46-41(68)37(64)34(61)26(21-57)73-46/h11,22-26,28-48,55-70H,10,12-21H2,1-9H3/t22-,23?,24-,25+,26-,28-,29-,30+,31-,32-,33+,34-,35+,36-,37+,38+,39-,40+,41-,42+,43-,44+,45-,46+,47+,48-,51-,52+,53-,54+/m1/s1. The molecule has 0 radical (unpaired) electrons. The van der Waals surface area contributed by atoms with Crippen LogP contribution >= 0.6 is 0 Å². The van der Waals surface area contributed by atoms with E-state index < -0.39 is 183 Å². The lowest BCUT2D eigenvalue weighted by Gasteiger charge is -2.71. The molecule has 4 heterocycles. The van der Waals surface area contributed by atoms with Crippen molar-refractivity contribution in [2.75, 3.05) is 19.8 Å². The minimum atomic E-state index is -2.06. The molecule has 24 heteroatoms. The lowest BCUT2D eigenvalue weighted by molar-refractivity contribution is -0.422. The molecule has 0 spiro atoms. The topological polar surface area (TPSA) is 398 Å². The Morgan fingerprint density at radius 2 is 1.04 bits per heavy atom. The summed E-state index contributed by atoms with van der Waals surface area (Å²) in [6.45, 7) is 16.2. The second-order valence-corrected chi connectivity index (χ2v) is 26.1. The van der Waals surface area contributed by atoms with Crippen LogP contribution in [0.25, 0.3) is 0 Å². The summed E-state index contributed by atoms with van der Waals surface area (Å²) in [5.74, 6) is 0.118. The minimum Gasteiger partial charge on any atom is -0.394 e. The molecule has 4 aliphatic carbocycles. The molecule has 0 amide bonds. The van der Waals surface area contributed by atoms with Gasteiger partial charge in [-0.2, -0.15) is 0 Å². The maximum atomic E-state index is 12.9. The zero-order valence-electron chi connectivity index (χ0n) is 46.3. The highest BCUT2D eigenvalue weighted by atomic mass is 16.8. The van der Waals surface area contributed by atoms with Gasteiger partial charge in [-0.15, -0.1) is 0 Å². The van der Waals surface area contributed by atoms with Crippen LogP contribution in [0.1, 0.15) is 114 Å². The summed E-state index contributed by atoms with van der Waals surface area (Å²) in [7, 11) is 0. The van der Waals surface area contributed by atoms with Crippen molar-refractivity contribution in [1.82, 2.24) is 0 Å². The molecule has 1 unspecified atom stereocenters. The number of aliphatic hydroxyl groups excluding tert-OH is 15. The molecule has 78 heavy (non-hydrogen) atoms. The van der Waals surface area contributed by atoms with Gasteiger partial charge >= 0.3 is 0 Å². The first-order valence-corrected chi connectivity index (χ1v) is 27.9. The first kappa shape index (κ1) is 62.8. The Labute approximate surface area is 455 Å². The zero-order chi connectivity index (χ0) is 57.7. The highest BCUT2D eigenvalue weighted by Crippen LogP contribution is 2.78. The summed E-state index contributed by atoms with van der Waals surface area (Å²) < 4.78 is 47.7. The Morgan fingerprint density at radius 3 is 1.54 bits per heavy atom. The maximum Gasteiger partial charge on any atom is 0.192 e. The van der Waals surface area contributed by atoms with Crippen LogP contribution in [0.5, 0.6) is 0 Å². The van der Waals surface area contributed by atoms with E-state index in [1.165, 1.54) is 13.8 Å². The quantitative estimate of drug-likeness (QED) is 0.0690. The molecule has 4 saturated heterocycles. The molecular formula is C54H92O24.